The number of Topliss-reactive ketones (excluding diaryl/α,β-unsaturated/α-hetero) is 1. The smallest absolute Gasteiger partial charge is 0.308 e. The number of fused-ring (bicyclic) bond motifs is 1. The zero-order valence-corrected chi connectivity index (χ0v) is 11.3. The highest BCUT2D eigenvalue weighted by Gasteiger charge is 2.16. The third kappa shape index (κ3) is 2.52. The minimum Gasteiger partial charge on any atom is -0.495 e. The number of hydrogen-bond acceptors (Lipinski definition) is 4. The normalized spacial score (nSPS) is 12.8. The molecule has 1 aromatic rings. The number of ether oxygens (including phenoxy) is 2. The van der Waals surface area contributed by atoms with Crippen molar-refractivity contribution in [2.24, 2.45) is 0 Å². The number of methoxy groups -OCH3 is 1. The lowest BCUT2D eigenvalue weighted by atomic mass is 10.0. The second kappa shape index (κ2) is 5.26. The lowest BCUT2D eigenvalue weighted by Crippen LogP contribution is -2.32. The van der Waals surface area contributed by atoms with E-state index in [4.69, 9.17) is 9.47 Å². The van der Waals surface area contributed by atoms with E-state index in [0.29, 0.717) is 17.1 Å². The molecule has 4 nitrogen and oxygen atoms in total. The first kappa shape index (κ1) is 13.3. The Bertz CT molecular complexity index is 656. The molecule has 2 rings (SSSR count). The average Bonchev–Trinajstić information content (AvgIpc) is 2.37. The fourth-order valence-corrected chi connectivity index (χ4v) is 2.26. The van der Waals surface area contributed by atoms with Gasteiger partial charge in [-0.3, -0.25) is 9.59 Å². The highest BCUT2D eigenvalue weighted by molar-refractivity contribution is 5.97. The second-order valence-corrected chi connectivity index (χ2v) is 4.42. The van der Waals surface area contributed by atoms with Gasteiger partial charge >= 0.3 is 5.97 Å². The third-order valence-corrected chi connectivity index (χ3v) is 3.02. The molecule has 0 aromatic heterocycles. The van der Waals surface area contributed by atoms with Crippen molar-refractivity contribution in [3.05, 3.63) is 22.1 Å². The maximum Gasteiger partial charge on any atom is 0.308 e. The fourth-order valence-electron chi connectivity index (χ4n) is 2.26. The third-order valence-electron chi connectivity index (χ3n) is 3.02. The van der Waals surface area contributed by atoms with Crippen molar-refractivity contribution in [3.63, 3.8) is 0 Å². The van der Waals surface area contributed by atoms with Crippen LogP contribution in [0.4, 0.5) is 0 Å². The van der Waals surface area contributed by atoms with Gasteiger partial charge < -0.3 is 9.47 Å². The summed E-state index contributed by atoms with van der Waals surface area (Å²) in [5, 5.41) is 1.65. The van der Waals surface area contributed by atoms with E-state index in [1.807, 2.05) is 12.2 Å². The predicted octanol–water partition coefficient (Wildman–Crippen LogP) is 1.18. The van der Waals surface area contributed by atoms with E-state index in [1.54, 1.807) is 6.07 Å². The molecule has 0 aliphatic heterocycles. The van der Waals surface area contributed by atoms with E-state index in [0.717, 1.165) is 23.3 Å². The molecule has 0 heterocycles. The van der Waals surface area contributed by atoms with E-state index in [-0.39, 0.29) is 5.78 Å². The number of carbonyl (C=O) groups excluding carboxylic acids is 2. The maximum atomic E-state index is 11.7. The monoisotopic (exact) mass is 260 g/mol. The van der Waals surface area contributed by atoms with Crippen molar-refractivity contribution in [2.75, 3.05) is 7.11 Å². The second-order valence-electron chi connectivity index (χ2n) is 4.42. The first-order valence-corrected chi connectivity index (χ1v) is 6.15. The van der Waals surface area contributed by atoms with Crippen molar-refractivity contribution in [3.8, 4) is 11.5 Å². The fraction of sp³-hybridized carbons (Fsp3) is 0.333. The van der Waals surface area contributed by atoms with E-state index in [2.05, 4.69) is 0 Å². The van der Waals surface area contributed by atoms with Crippen LogP contribution in [-0.2, 0) is 4.79 Å². The summed E-state index contributed by atoms with van der Waals surface area (Å²) >= 11 is 0. The Morgan fingerprint density at radius 3 is 2.26 bits per heavy atom. The average molecular weight is 260 g/mol. The minimum atomic E-state index is -0.402. The highest BCUT2D eigenvalue weighted by atomic mass is 16.5. The molecular formula is C15H16O4. The molecule has 0 unspecified atom stereocenters. The summed E-state index contributed by atoms with van der Waals surface area (Å²) in [5.41, 5.74) is 0.434. The van der Waals surface area contributed by atoms with E-state index in [1.165, 1.54) is 21.0 Å². The largest absolute Gasteiger partial charge is 0.495 e. The molecular weight excluding hydrogens is 244 g/mol. The van der Waals surface area contributed by atoms with Crippen molar-refractivity contribution in [1.82, 2.24) is 0 Å². The van der Waals surface area contributed by atoms with Crippen LogP contribution in [-0.4, -0.2) is 18.9 Å². The van der Waals surface area contributed by atoms with Crippen molar-refractivity contribution < 1.29 is 19.1 Å². The summed E-state index contributed by atoms with van der Waals surface area (Å²) in [5.74, 6) is 0.451. The summed E-state index contributed by atoms with van der Waals surface area (Å²) in [6.45, 7) is 2.81. The van der Waals surface area contributed by atoms with E-state index < -0.39 is 5.97 Å². The van der Waals surface area contributed by atoms with Crippen LogP contribution < -0.4 is 19.9 Å². The topological polar surface area (TPSA) is 52.6 Å². The maximum absolute atomic E-state index is 11.7. The molecule has 1 aliphatic carbocycles. The zero-order chi connectivity index (χ0) is 14.0. The molecule has 0 radical (unpaired) electrons. The summed E-state index contributed by atoms with van der Waals surface area (Å²) in [6.07, 6.45) is 5.77. The zero-order valence-electron chi connectivity index (χ0n) is 11.3. The Morgan fingerprint density at radius 2 is 1.74 bits per heavy atom. The van der Waals surface area contributed by atoms with Crippen LogP contribution in [0.5, 0.6) is 11.5 Å². The summed E-state index contributed by atoms with van der Waals surface area (Å²) in [4.78, 5) is 22.9. The first-order valence-electron chi connectivity index (χ1n) is 6.15. The Kier molecular flexibility index (Phi) is 3.69. The molecule has 19 heavy (non-hydrogen) atoms. The lowest BCUT2D eigenvalue weighted by molar-refractivity contribution is -0.131. The Labute approximate surface area is 111 Å². The summed E-state index contributed by atoms with van der Waals surface area (Å²) in [7, 11) is 1.54. The van der Waals surface area contributed by atoms with Crippen LogP contribution in [0.3, 0.4) is 0 Å². The molecule has 0 amide bonds. The predicted molar refractivity (Wildman–Crippen MR) is 71.7 cm³/mol. The molecule has 4 heteroatoms. The Balaban J connectivity index is 2.81. The number of hydrogen-bond donors (Lipinski definition) is 0. The molecule has 100 valence electrons. The van der Waals surface area contributed by atoms with Gasteiger partial charge in [-0.1, -0.05) is 12.2 Å². The minimum absolute atomic E-state index is 0.118. The van der Waals surface area contributed by atoms with Gasteiger partial charge in [-0.2, -0.15) is 0 Å². The molecule has 0 N–H and O–H groups in total. The standard InChI is InChI=1S/C15H16O4/c1-9(16)13-8-14(19-10(2)17)11-6-4-5-7-12(11)15(13)18-3/h6-8H,4-5H2,1-3H3. The number of ketones is 1. The van der Waals surface area contributed by atoms with Gasteiger partial charge in [0.2, 0.25) is 0 Å². The molecule has 0 saturated carbocycles. The first-order chi connectivity index (χ1) is 9.04. The number of carbonyl (C=O) groups is 2. The molecule has 0 bridgehead atoms. The summed E-state index contributed by atoms with van der Waals surface area (Å²) in [6, 6.07) is 1.58. The van der Waals surface area contributed by atoms with Crippen LogP contribution in [0, 0.1) is 0 Å². The quantitative estimate of drug-likeness (QED) is 0.465. The van der Waals surface area contributed by atoms with Crippen LogP contribution >= 0.6 is 0 Å². The van der Waals surface area contributed by atoms with Crippen LogP contribution in [0.15, 0.2) is 6.07 Å². The molecule has 0 atom stereocenters. The lowest BCUT2D eigenvalue weighted by Gasteiger charge is -2.13. The van der Waals surface area contributed by atoms with Gasteiger partial charge in [0.25, 0.3) is 0 Å². The SMILES string of the molecule is COc1c(C(C)=O)cc(OC(C)=O)c2c1=CCCC=2. The molecule has 1 aromatic carbocycles. The van der Waals surface area contributed by atoms with E-state index in [9.17, 15) is 9.59 Å². The Morgan fingerprint density at radius 1 is 1.11 bits per heavy atom. The van der Waals surface area contributed by atoms with Gasteiger partial charge in [-0.05, 0) is 25.8 Å². The molecule has 0 fully saturated rings. The van der Waals surface area contributed by atoms with Gasteiger partial charge in [0, 0.05) is 17.4 Å². The molecule has 1 aliphatic rings. The van der Waals surface area contributed by atoms with Crippen molar-refractivity contribution >= 4 is 23.9 Å². The van der Waals surface area contributed by atoms with Gasteiger partial charge in [-0.15, -0.1) is 0 Å². The van der Waals surface area contributed by atoms with Gasteiger partial charge in [0.15, 0.2) is 5.78 Å². The number of benzene rings is 1. The van der Waals surface area contributed by atoms with Gasteiger partial charge in [0.1, 0.15) is 11.5 Å². The Hall–Kier alpha value is -2.10. The number of esters is 1. The van der Waals surface area contributed by atoms with Crippen molar-refractivity contribution in [1.29, 1.82) is 0 Å². The van der Waals surface area contributed by atoms with Crippen LogP contribution in [0.1, 0.15) is 37.0 Å². The number of rotatable bonds is 3. The summed E-state index contributed by atoms with van der Waals surface area (Å²) < 4.78 is 10.6. The highest BCUT2D eigenvalue weighted by Crippen LogP contribution is 2.19. The van der Waals surface area contributed by atoms with Gasteiger partial charge in [-0.25, -0.2) is 0 Å². The molecule has 0 saturated heterocycles. The van der Waals surface area contributed by atoms with Crippen molar-refractivity contribution in [2.45, 2.75) is 26.7 Å². The molecule has 0 spiro atoms. The van der Waals surface area contributed by atoms with E-state index >= 15 is 0 Å². The van der Waals surface area contributed by atoms with Crippen LogP contribution in [0.2, 0.25) is 0 Å². The van der Waals surface area contributed by atoms with Gasteiger partial charge in [0.05, 0.1) is 12.7 Å². The van der Waals surface area contributed by atoms with Crippen LogP contribution in [0.25, 0.3) is 12.2 Å².